The standard InChI is InChI=1S/C16H17NOS/c1-12-8-9-15(10-13(12)2)19-11-16(18)17-14-6-4-3-5-7-14/h3-10H,11H2,1-2H3,(H,17,18). The van der Waals surface area contributed by atoms with Crippen LogP contribution in [0.3, 0.4) is 0 Å². The summed E-state index contributed by atoms with van der Waals surface area (Å²) in [6.45, 7) is 4.18. The number of nitrogens with one attached hydrogen (secondary N) is 1. The molecule has 1 N–H and O–H groups in total. The molecular formula is C16H17NOS. The number of rotatable bonds is 4. The molecule has 0 atom stereocenters. The third-order valence-corrected chi connectivity index (χ3v) is 3.90. The fraction of sp³-hybridized carbons (Fsp3) is 0.188. The molecule has 2 aromatic carbocycles. The first-order valence-corrected chi connectivity index (χ1v) is 7.18. The highest BCUT2D eigenvalue weighted by atomic mass is 32.2. The smallest absolute Gasteiger partial charge is 0.234 e. The van der Waals surface area contributed by atoms with Crippen LogP contribution in [0.1, 0.15) is 11.1 Å². The number of benzene rings is 2. The van der Waals surface area contributed by atoms with Crippen molar-refractivity contribution in [3.05, 3.63) is 59.7 Å². The number of carbonyl (C=O) groups excluding carboxylic acids is 1. The second kappa shape index (κ2) is 6.43. The predicted molar refractivity (Wildman–Crippen MR) is 81.7 cm³/mol. The minimum atomic E-state index is 0.0226. The minimum Gasteiger partial charge on any atom is -0.325 e. The first-order valence-electron chi connectivity index (χ1n) is 6.20. The number of para-hydroxylation sites is 1. The molecule has 0 aliphatic heterocycles. The average molecular weight is 271 g/mol. The Morgan fingerprint density at radius 1 is 1.05 bits per heavy atom. The zero-order chi connectivity index (χ0) is 13.7. The van der Waals surface area contributed by atoms with Gasteiger partial charge in [-0.2, -0.15) is 0 Å². The molecule has 0 radical (unpaired) electrons. The summed E-state index contributed by atoms with van der Waals surface area (Å²) in [5, 5.41) is 2.88. The molecule has 0 saturated carbocycles. The highest BCUT2D eigenvalue weighted by Crippen LogP contribution is 2.21. The Labute approximate surface area is 118 Å². The Morgan fingerprint density at radius 3 is 2.47 bits per heavy atom. The fourth-order valence-electron chi connectivity index (χ4n) is 1.67. The van der Waals surface area contributed by atoms with Crippen molar-refractivity contribution < 1.29 is 4.79 Å². The topological polar surface area (TPSA) is 29.1 Å². The normalized spacial score (nSPS) is 10.2. The Morgan fingerprint density at radius 2 is 1.79 bits per heavy atom. The minimum absolute atomic E-state index is 0.0226. The van der Waals surface area contributed by atoms with E-state index in [4.69, 9.17) is 0 Å². The molecule has 2 nitrogen and oxygen atoms in total. The molecular weight excluding hydrogens is 254 g/mol. The average Bonchev–Trinajstić information content (AvgIpc) is 2.41. The van der Waals surface area contributed by atoms with Gasteiger partial charge in [-0.3, -0.25) is 4.79 Å². The first-order chi connectivity index (χ1) is 9.15. The summed E-state index contributed by atoms with van der Waals surface area (Å²) in [6, 6.07) is 15.8. The lowest BCUT2D eigenvalue weighted by Crippen LogP contribution is -2.13. The van der Waals surface area contributed by atoms with E-state index in [1.165, 1.54) is 11.1 Å². The number of hydrogen-bond acceptors (Lipinski definition) is 2. The molecule has 0 heterocycles. The quantitative estimate of drug-likeness (QED) is 0.850. The van der Waals surface area contributed by atoms with Crippen molar-refractivity contribution in [2.75, 3.05) is 11.1 Å². The van der Waals surface area contributed by atoms with Crippen molar-refractivity contribution in [3.63, 3.8) is 0 Å². The van der Waals surface area contributed by atoms with Crippen LogP contribution < -0.4 is 5.32 Å². The molecule has 3 heteroatoms. The van der Waals surface area contributed by atoms with Gasteiger partial charge in [-0.1, -0.05) is 24.3 Å². The van der Waals surface area contributed by atoms with Gasteiger partial charge in [-0.05, 0) is 49.2 Å². The van der Waals surface area contributed by atoms with E-state index in [0.29, 0.717) is 5.75 Å². The van der Waals surface area contributed by atoms with Crippen molar-refractivity contribution in [1.29, 1.82) is 0 Å². The van der Waals surface area contributed by atoms with Crippen LogP contribution in [0.5, 0.6) is 0 Å². The summed E-state index contributed by atoms with van der Waals surface area (Å²) < 4.78 is 0. The molecule has 1 amide bonds. The van der Waals surface area contributed by atoms with Gasteiger partial charge in [0, 0.05) is 10.6 Å². The van der Waals surface area contributed by atoms with E-state index in [2.05, 4.69) is 37.4 Å². The summed E-state index contributed by atoms with van der Waals surface area (Å²) in [5.74, 6) is 0.451. The number of aryl methyl sites for hydroxylation is 2. The van der Waals surface area contributed by atoms with Gasteiger partial charge >= 0.3 is 0 Å². The van der Waals surface area contributed by atoms with Gasteiger partial charge in [-0.25, -0.2) is 0 Å². The summed E-state index contributed by atoms with van der Waals surface area (Å²) in [5.41, 5.74) is 3.37. The van der Waals surface area contributed by atoms with Gasteiger partial charge in [0.1, 0.15) is 0 Å². The fourth-order valence-corrected chi connectivity index (χ4v) is 2.47. The van der Waals surface area contributed by atoms with Gasteiger partial charge in [0.25, 0.3) is 0 Å². The Hall–Kier alpha value is -1.74. The number of thioether (sulfide) groups is 1. The third-order valence-electron chi connectivity index (χ3n) is 2.91. The van der Waals surface area contributed by atoms with Crippen molar-refractivity contribution in [3.8, 4) is 0 Å². The van der Waals surface area contributed by atoms with Crippen molar-refractivity contribution in [2.45, 2.75) is 18.7 Å². The molecule has 2 rings (SSSR count). The third kappa shape index (κ3) is 4.14. The Bertz CT molecular complexity index is 566. The van der Waals surface area contributed by atoms with E-state index >= 15 is 0 Å². The van der Waals surface area contributed by atoms with Crippen molar-refractivity contribution in [2.24, 2.45) is 0 Å². The molecule has 0 aromatic heterocycles. The molecule has 0 unspecified atom stereocenters. The van der Waals surface area contributed by atoms with E-state index < -0.39 is 0 Å². The van der Waals surface area contributed by atoms with E-state index in [0.717, 1.165) is 10.6 Å². The zero-order valence-corrected chi connectivity index (χ0v) is 12.0. The number of carbonyl (C=O) groups is 1. The Balaban J connectivity index is 1.88. The molecule has 19 heavy (non-hydrogen) atoms. The molecule has 2 aromatic rings. The lowest BCUT2D eigenvalue weighted by Gasteiger charge is -2.06. The van der Waals surface area contributed by atoms with Crippen LogP contribution in [0.15, 0.2) is 53.4 Å². The van der Waals surface area contributed by atoms with Crippen LogP contribution in [-0.2, 0) is 4.79 Å². The maximum atomic E-state index is 11.8. The maximum Gasteiger partial charge on any atom is 0.234 e. The molecule has 0 aliphatic carbocycles. The van der Waals surface area contributed by atoms with E-state index in [1.54, 1.807) is 11.8 Å². The van der Waals surface area contributed by atoms with Crippen molar-refractivity contribution >= 4 is 23.4 Å². The molecule has 0 saturated heterocycles. The van der Waals surface area contributed by atoms with E-state index in [9.17, 15) is 4.79 Å². The summed E-state index contributed by atoms with van der Waals surface area (Å²) >= 11 is 1.56. The molecule has 98 valence electrons. The van der Waals surface area contributed by atoms with Gasteiger partial charge in [0.15, 0.2) is 0 Å². The lowest BCUT2D eigenvalue weighted by atomic mass is 10.1. The summed E-state index contributed by atoms with van der Waals surface area (Å²) in [7, 11) is 0. The van der Waals surface area contributed by atoms with Crippen LogP contribution >= 0.6 is 11.8 Å². The molecule has 0 aliphatic rings. The Kier molecular flexibility index (Phi) is 4.63. The van der Waals surface area contributed by atoms with Gasteiger partial charge in [-0.15, -0.1) is 11.8 Å². The molecule has 0 bridgehead atoms. The van der Waals surface area contributed by atoms with Crippen LogP contribution in [0, 0.1) is 13.8 Å². The molecule has 0 spiro atoms. The largest absolute Gasteiger partial charge is 0.325 e. The van der Waals surface area contributed by atoms with Crippen LogP contribution in [0.4, 0.5) is 5.69 Å². The van der Waals surface area contributed by atoms with E-state index in [1.807, 2.05) is 30.3 Å². The molecule has 0 fully saturated rings. The van der Waals surface area contributed by atoms with Crippen LogP contribution in [0.2, 0.25) is 0 Å². The SMILES string of the molecule is Cc1ccc(SCC(=O)Nc2ccccc2)cc1C. The number of amides is 1. The van der Waals surface area contributed by atoms with Crippen LogP contribution in [-0.4, -0.2) is 11.7 Å². The lowest BCUT2D eigenvalue weighted by molar-refractivity contribution is -0.113. The van der Waals surface area contributed by atoms with Crippen molar-refractivity contribution in [1.82, 2.24) is 0 Å². The van der Waals surface area contributed by atoms with Gasteiger partial charge < -0.3 is 5.32 Å². The summed E-state index contributed by atoms with van der Waals surface area (Å²) in [4.78, 5) is 12.9. The summed E-state index contributed by atoms with van der Waals surface area (Å²) in [6.07, 6.45) is 0. The van der Waals surface area contributed by atoms with E-state index in [-0.39, 0.29) is 5.91 Å². The second-order valence-corrected chi connectivity index (χ2v) is 5.50. The number of hydrogen-bond donors (Lipinski definition) is 1. The first kappa shape index (κ1) is 13.7. The second-order valence-electron chi connectivity index (χ2n) is 4.45. The highest BCUT2D eigenvalue weighted by Gasteiger charge is 2.04. The number of anilines is 1. The zero-order valence-electron chi connectivity index (χ0n) is 11.1. The highest BCUT2D eigenvalue weighted by molar-refractivity contribution is 8.00. The monoisotopic (exact) mass is 271 g/mol. The van der Waals surface area contributed by atoms with Gasteiger partial charge in [0.2, 0.25) is 5.91 Å². The maximum absolute atomic E-state index is 11.8. The predicted octanol–water partition coefficient (Wildman–Crippen LogP) is 4.03. The van der Waals surface area contributed by atoms with Gasteiger partial charge in [0.05, 0.1) is 5.75 Å². The van der Waals surface area contributed by atoms with Crippen LogP contribution in [0.25, 0.3) is 0 Å².